The molecule has 0 aromatic heterocycles. The molecule has 2 rings (SSSR count). The SMILES string of the molecule is CC1(C)C(=O)N(CCCN2CCNCC2)S1(=O)=O. The molecule has 18 heavy (non-hydrogen) atoms. The number of nitrogens with zero attached hydrogens (tertiary/aromatic N) is 2. The number of sulfonamides is 1. The Labute approximate surface area is 108 Å². The van der Waals surface area contributed by atoms with Crippen LogP contribution in [0.1, 0.15) is 20.3 Å². The van der Waals surface area contributed by atoms with Crippen LogP contribution in [0.15, 0.2) is 0 Å². The number of rotatable bonds is 4. The van der Waals surface area contributed by atoms with Gasteiger partial charge < -0.3 is 10.2 Å². The van der Waals surface area contributed by atoms with Crippen molar-refractivity contribution in [2.24, 2.45) is 0 Å². The van der Waals surface area contributed by atoms with Crippen LogP contribution in [-0.2, 0) is 14.8 Å². The van der Waals surface area contributed by atoms with Gasteiger partial charge in [-0.05, 0) is 26.8 Å². The molecule has 6 nitrogen and oxygen atoms in total. The van der Waals surface area contributed by atoms with E-state index in [4.69, 9.17) is 0 Å². The standard InChI is InChI=1S/C11H21N3O3S/c1-11(2)10(15)14(18(11,16)17)7-3-6-13-8-4-12-5-9-13/h12H,3-9H2,1-2H3. The number of piperazine rings is 1. The third kappa shape index (κ3) is 2.15. The summed E-state index contributed by atoms with van der Waals surface area (Å²) in [4.78, 5) is 14.0. The summed E-state index contributed by atoms with van der Waals surface area (Å²) in [7, 11) is -3.40. The maximum atomic E-state index is 11.8. The first kappa shape index (κ1) is 13.8. The van der Waals surface area contributed by atoms with E-state index in [-0.39, 0.29) is 5.91 Å². The fourth-order valence-electron chi connectivity index (χ4n) is 2.35. The lowest BCUT2D eigenvalue weighted by molar-refractivity contribution is -0.132. The molecule has 0 atom stereocenters. The number of carbonyl (C=O) groups is 1. The Morgan fingerprint density at radius 2 is 1.83 bits per heavy atom. The van der Waals surface area contributed by atoms with Crippen LogP contribution in [0.5, 0.6) is 0 Å². The largest absolute Gasteiger partial charge is 0.314 e. The topological polar surface area (TPSA) is 69.7 Å². The summed E-state index contributed by atoms with van der Waals surface area (Å²) >= 11 is 0. The fourth-order valence-corrected chi connectivity index (χ4v) is 3.92. The van der Waals surface area contributed by atoms with E-state index in [2.05, 4.69) is 10.2 Å². The van der Waals surface area contributed by atoms with Crippen LogP contribution in [0.25, 0.3) is 0 Å². The molecule has 0 unspecified atom stereocenters. The van der Waals surface area contributed by atoms with E-state index < -0.39 is 14.8 Å². The van der Waals surface area contributed by atoms with Crippen molar-refractivity contribution < 1.29 is 13.2 Å². The van der Waals surface area contributed by atoms with Crippen LogP contribution in [0.4, 0.5) is 0 Å². The van der Waals surface area contributed by atoms with Gasteiger partial charge in [-0.2, -0.15) is 0 Å². The molecule has 7 heteroatoms. The zero-order chi connectivity index (χ0) is 13.4. The minimum absolute atomic E-state index is 0.275. The van der Waals surface area contributed by atoms with Crippen molar-refractivity contribution in [2.75, 3.05) is 39.3 Å². The van der Waals surface area contributed by atoms with Crippen LogP contribution in [0.2, 0.25) is 0 Å². The first-order chi connectivity index (χ1) is 8.37. The molecular weight excluding hydrogens is 254 g/mol. The average Bonchev–Trinajstić information content (AvgIpc) is 2.34. The van der Waals surface area contributed by atoms with E-state index in [0.29, 0.717) is 13.0 Å². The molecule has 2 aliphatic heterocycles. The smallest absolute Gasteiger partial charge is 0.258 e. The molecule has 0 bridgehead atoms. The fraction of sp³-hybridized carbons (Fsp3) is 0.909. The Morgan fingerprint density at radius 3 is 2.39 bits per heavy atom. The summed E-state index contributed by atoms with van der Waals surface area (Å²) < 4.78 is 23.5. The van der Waals surface area contributed by atoms with Gasteiger partial charge in [0, 0.05) is 32.7 Å². The maximum absolute atomic E-state index is 11.8. The monoisotopic (exact) mass is 275 g/mol. The van der Waals surface area contributed by atoms with Gasteiger partial charge >= 0.3 is 0 Å². The van der Waals surface area contributed by atoms with Gasteiger partial charge in [-0.15, -0.1) is 0 Å². The Balaban J connectivity index is 1.80. The van der Waals surface area contributed by atoms with Crippen molar-refractivity contribution in [2.45, 2.75) is 25.0 Å². The highest BCUT2D eigenvalue weighted by Gasteiger charge is 2.59. The quantitative estimate of drug-likeness (QED) is 0.730. The van der Waals surface area contributed by atoms with Crippen molar-refractivity contribution in [1.82, 2.24) is 14.5 Å². The number of nitrogens with one attached hydrogen (secondary N) is 1. The summed E-state index contributed by atoms with van der Waals surface area (Å²) in [5.74, 6) is -0.275. The van der Waals surface area contributed by atoms with Crippen molar-refractivity contribution in [3.63, 3.8) is 0 Å². The Morgan fingerprint density at radius 1 is 1.22 bits per heavy atom. The molecule has 1 N–H and O–H groups in total. The third-order valence-corrected chi connectivity index (χ3v) is 6.11. The lowest BCUT2D eigenvalue weighted by Gasteiger charge is -2.43. The maximum Gasteiger partial charge on any atom is 0.258 e. The van der Waals surface area contributed by atoms with Crippen LogP contribution in [-0.4, -0.2) is 67.5 Å². The van der Waals surface area contributed by atoms with Crippen molar-refractivity contribution in [3.8, 4) is 0 Å². The number of carbonyl (C=O) groups excluding carboxylic acids is 1. The van der Waals surface area contributed by atoms with Crippen molar-refractivity contribution in [1.29, 1.82) is 0 Å². The van der Waals surface area contributed by atoms with E-state index in [1.165, 1.54) is 13.8 Å². The molecule has 0 radical (unpaired) electrons. The van der Waals surface area contributed by atoms with Crippen molar-refractivity contribution in [3.05, 3.63) is 0 Å². The molecule has 2 fully saturated rings. The van der Waals surface area contributed by atoms with Gasteiger partial charge in [0.15, 0.2) is 4.75 Å². The zero-order valence-electron chi connectivity index (χ0n) is 11.0. The van der Waals surface area contributed by atoms with Crippen LogP contribution in [0.3, 0.4) is 0 Å². The summed E-state index contributed by atoms with van der Waals surface area (Å²) in [6, 6.07) is 0. The number of hydrogen-bond donors (Lipinski definition) is 1. The van der Waals surface area contributed by atoms with Gasteiger partial charge in [0.05, 0.1) is 0 Å². The second-order valence-corrected chi connectivity index (χ2v) is 7.75. The first-order valence-electron chi connectivity index (χ1n) is 6.37. The predicted molar refractivity (Wildman–Crippen MR) is 68.6 cm³/mol. The second kappa shape index (κ2) is 4.79. The van der Waals surface area contributed by atoms with Crippen LogP contribution in [0, 0.1) is 0 Å². The summed E-state index contributed by atoms with van der Waals surface area (Å²) in [6.45, 7) is 8.05. The van der Waals surface area contributed by atoms with Gasteiger partial charge in [0.2, 0.25) is 0 Å². The van der Waals surface area contributed by atoms with E-state index in [1.807, 2.05) is 0 Å². The van der Waals surface area contributed by atoms with E-state index >= 15 is 0 Å². The highest BCUT2D eigenvalue weighted by atomic mass is 32.2. The summed E-state index contributed by atoms with van der Waals surface area (Å²) in [5, 5.41) is 3.27. The predicted octanol–water partition coefficient (Wildman–Crippen LogP) is -0.768. The zero-order valence-corrected chi connectivity index (χ0v) is 11.8. The molecule has 2 saturated heterocycles. The minimum atomic E-state index is -3.40. The Bertz CT molecular complexity index is 427. The molecule has 0 spiro atoms. The minimum Gasteiger partial charge on any atom is -0.314 e. The number of amides is 1. The van der Waals surface area contributed by atoms with Gasteiger partial charge in [0.25, 0.3) is 15.9 Å². The molecule has 0 aromatic rings. The van der Waals surface area contributed by atoms with Gasteiger partial charge in [0.1, 0.15) is 0 Å². The van der Waals surface area contributed by atoms with E-state index in [0.717, 1.165) is 37.0 Å². The lowest BCUT2D eigenvalue weighted by atomic mass is 10.2. The molecule has 2 aliphatic rings. The molecular formula is C11H21N3O3S. The molecule has 0 aliphatic carbocycles. The normalized spacial score (nSPS) is 27.0. The summed E-state index contributed by atoms with van der Waals surface area (Å²) in [5.41, 5.74) is 0. The number of hydrogen-bond acceptors (Lipinski definition) is 5. The molecule has 2 heterocycles. The lowest BCUT2D eigenvalue weighted by Crippen LogP contribution is -2.67. The van der Waals surface area contributed by atoms with Crippen LogP contribution < -0.4 is 5.32 Å². The molecule has 1 amide bonds. The molecule has 104 valence electrons. The Kier molecular flexibility index (Phi) is 3.66. The Hall–Kier alpha value is -0.660. The van der Waals surface area contributed by atoms with Gasteiger partial charge in [-0.25, -0.2) is 12.7 Å². The van der Waals surface area contributed by atoms with E-state index in [9.17, 15) is 13.2 Å². The second-order valence-electron chi connectivity index (χ2n) is 5.34. The molecule has 0 saturated carbocycles. The highest BCUT2D eigenvalue weighted by Crippen LogP contribution is 2.34. The molecule has 0 aromatic carbocycles. The third-order valence-electron chi connectivity index (χ3n) is 3.72. The highest BCUT2D eigenvalue weighted by molar-refractivity contribution is 7.94. The van der Waals surface area contributed by atoms with Crippen LogP contribution >= 0.6 is 0 Å². The first-order valence-corrected chi connectivity index (χ1v) is 7.81. The van der Waals surface area contributed by atoms with Gasteiger partial charge in [-0.3, -0.25) is 4.79 Å². The van der Waals surface area contributed by atoms with E-state index in [1.54, 1.807) is 0 Å². The van der Waals surface area contributed by atoms with Gasteiger partial charge in [-0.1, -0.05) is 0 Å². The average molecular weight is 275 g/mol. The summed E-state index contributed by atoms with van der Waals surface area (Å²) in [6.07, 6.45) is 0.709. The van der Waals surface area contributed by atoms with Crippen molar-refractivity contribution >= 4 is 15.9 Å².